The van der Waals surface area contributed by atoms with E-state index in [4.69, 9.17) is 9.47 Å². The Kier molecular flexibility index (Phi) is 8.11. The molecular formula is C26H22IN3O7S. The lowest BCUT2D eigenvalue weighted by Crippen LogP contribution is -2.39. The van der Waals surface area contributed by atoms with E-state index in [-0.39, 0.29) is 20.3 Å². The molecule has 0 radical (unpaired) electrons. The van der Waals surface area contributed by atoms with Crippen molar-refractivity contribution in [2.75, 3.05) is 13.2 Å². The van der Waals surface area contributed by atoms with E-state index in [1.807, 2.05) is 0 Å². The smallest absolute Gasteiger partial charge is 0.338 e. The van der Waals surface area contributed by atoms with Gasteiger partial charge in [-0.2, -0.15) is 0 Å². The van der Waals surface area contributed by atoms with Crippen LogP contribution in [0.5, 0.6) is 11.5 Å². The first-order chi connectivity index (χ1) is 18.2. The predicted molar refractivity (Wildman–Crippen MR) is 150 cm³/mol. The number of aromatic hydroxyl groups is 1. The lowest BCUT2D eigenvalue weighted by atomic mass is 9.96. The summed E-state index contributed by atoms with van der Waals surface area (Å²) in [5, 5.41) is 21.4. The zero-order chi connectivity index (χ0) is 27.6. The Balaban J connectivity index is 1.91. The summed E-state index contributed by atoms with van der Waals surface area (Å²) in [6, 6.07) is 8.94. The summed E-state index contributed by atoms with van der Waals surface area (Å²) in [4.78, 5) is 42.3. The maximum atomic E-state index is 13.7. The lowest BCUT2D eigenvalue weighted by molar-refractivity contribution is -0.386. The number of nitro groups is 1. The summed E-state index contributed by atoms with van der Waals surface area (Å²) in [6.45, 7) is 7.49. The molecule has 2 heterocycles. The highest BCUT2D eigenvalue weighted by atomic mass is 127. The van der Waals surface area contributed by atoms with Crippen LogP contribution in [0.25, 0.3) is 6.08 Å². The molecule has 4 rings (SSSR count). The minimum Gasteiger partial charge on any atom is -0.501 e. The zero-order valence-electron chi connectivity index (χ0n) is 20.3. The number of phenolic OH excluding ortho intramolecular Hbond substituents is 1. The molecule has 0 unspecified atom stereocenters. The lowest BCUT2D eigenvalue weighted by Gasteiger charge is -2.24. The van der Waals surface area contributed by atoms with Crippen molar-refractivity contribution in [1.82, 2.24) is 4.57 Å². The van der Waals surface area contributed by atoms with Gasteiger partial charge in [-0.05, 0) is 71.8 Å². The number of phenols is 1. The highest BCUT2D eigenvalue weighted by molar-refractivity contribution is 14.1. The molecule has 0 fully saturated rings. The molecule has 1 aliphatic heterocycles. The van der Waals surface area contributed by atoms with Gasteiger partial charge in [0, 0.05) is 6.07 Å². The van der Waals surface area contributed by atoms with Crippen LogP contribution in [0.3, 0.4) is 0 Å². The van der Waals surface area contributed by atoms with Gasteiger partial charge in [-0.1, -0.05) is 36.1 Å². The molecule has 10 nitrogen and oxygen atoms in total. The van der Waals surface area contributed by atoms with Gasteiger partial charge < -0.3 is 14.6 Å². The molecular weight excluding hydrogens is 625 g/mol. The number of esters is 1. The van der Waals surface area contributed by atoms with Gasteiger partial charge in [0.05, 0.1) is 36.9 Å². The fourth-order valence-electron chi connectivity index (χ4n) is 3.99. The number of hydrogen-bond acceptors (Lipinski definition) is 9. The number of nitrogens with zero attached hydrogens (tertiary/aromatic N) is 3. The van der Waals surface area contributed by atoms with Crippen LogP contribution in [0.15, 0.2) is 70.1 Å². The van der Waals surface area contributed by atoms with Gasteiger partial charge in [-0.3, -0.25) is 19.5 Å². The van der Waals surface area contributed by atoms with Crippen LogP contribution in [0.2, 0.25) is 0 Å². The van der Waals surface area contributed by atoms with Crippen LogP contribution in [-0.4, -0.2) is 33.8 Å². The van der Waals surface area contributed by atoms with Gasteiger partial charge in [0.25, 0.3) is 5.56 Å². The van der Waals surface area contributed by atoms with E-state index >= 15 is 0 Å². The van der Waals surface area contributed by atoms with E-state index in [9.17, 15) is 24.8 Å². The fourth-order valence-corrected chi connectivity index (χ4v) is 5.67. The van der Waals surface area contributed by atoms with Crippen molar-refractivity contribution in [1.29, 1.82) is 0 Å². The van der Waals surface area contributed by atoms with Crippen LogP contribution in [0, 0.1) is 13.7 Å². The predicted octanol–water partition coefficient (Wildman–Crippen LogP) is 3.58. The van der Waals surface area contributed by atoms with Crippen molar-refractivity contribution in [3.05, 3.63) is 105 Å². The Morgan fingerprint density at radius 3 is 2.68 bits per heavy atom. The van der Waals surface area contributed by atoms with Crippen molar-refractivity contribution in [2.24, 2.45) is 4.99 Å². The number of carbonyl (C=O) groups is 1. The zero-order valence-corrected chi connectivity index (χ0v) is 23.3. The summed E-state index contributed by atoms with van der Waals surface area (Å²) in [7, 11) is 0. The molecule has 1 N–H and O–H groups in total. The molecule has 196 valence electrons. The van der Waals surface area contributed by atoms with E-state index in [1.165, 1.54) is 22.8 Å². The number of allylic oxidation sites excluding steroid dienone is 1. The van der Waals surface area contributed by atoms with E-state index < -0.39 is 33.9 Å². The standard InChI is InChI=1S/C26H22IN3O7S/c1-4-10-37-17-8-6-16(7-9-17)22-21(25(33)36-5-2)14(3)28-26-29(22)24(32)20(38-26)13-15-11-18(27)23(31)19(12-15)30(34)35/h4,6-9,11-13,22,31H,1,5,10H2,2-3H3/b20-13-/t22-/m0/s1. The SMILES string of the molecule is C=CCOc1ccc([C@H]2C(C(=O)OCC)=C(C)N=c3s/c(=C\c4cc(I)c(O)c([N+](=O)[O-])c4)c(=O)n32)cc1. The quantitative estimate of drug-likeness (QED) is 0.130. The topological polar surface area (TPSA) is 133 Å². The number of thiazole rings is 1. The molecule has 0 spiro atoms. The van der Waals surface area contributed by atoms with Gasteiger partial charge in [-0.15, -0.1) is 0 Å². The minimum atomic E-state index is -0.810. The monoisotopic (exact) mass is 647 g/mol. The number of rotatable bonds is 8. The Morgan fingerprint density at radius 1 is 1.34 bits per heavy atom. The van der Waals surface area contributed by atoms with Gasteiger partial charge in [0.2, 0.25) is 5.75 Å². The third kappa shape index (κ3) is 5.27. The number of nitro benzene ring substituents is 1. The van der Waals surface area contributed by atoms with Crippen molar-refractivity contribution in [2.45, 2.75) is 19.9 Å². The maximum absolute atomic E-state index is 13.7. The number of ether oxygens (including phenoxy) is 2. The minimum absolute atomic E-state index is 0.152. The molecule has 0 aliphatic carbocycles. The number of halogens is 1. The van der Waals surface area contributed by atoms with Crippen molar-refractivity contribution >= 4 is 51.7 Å². The second-order valence-electron chi connectivity index (χ2n) is 8.10. The molecule has 2 aromatic carbocycles. The second-order valence-corrected chi connectivity index (χ2v) is 10.3. The van der Waals surface area contributed by atoms with E-state index in [1.54, 1.807) is 66.8 Å². The Bertz CT molecular complexity index is 1660. The van der Waals surface area contributed by atoms with Crippen molar-refractivity contribution in [3.63, 3.8) is 0 Å². The van der Waals surface area contributed by atoms with Gasteiger partial charge in [0.1, 0.15) is 12.4 Å². The number of aromatic nitrogens is 1. The number of fused-ring (bicyclic) bond motifs is 1. The van der Waals surface area contributed by atoms with Gasteiger partial charge >= 0.3 is 11.7 Å². The van der Waals surface area contributed by atoms with Crippen LogP contribution < -0.4 is 19.6 Å². The van der Waals surface area contributed by atoms with Crippen LogP contribution in [-0.2, 0) is 9.53 Å². The molecule has 1 aromatic heterocycles. The van der Waals surface area contributed by atoms with Gasteiger partial charge in [-0.25, -0.2) is 9.79 Å². The summed E-state index contributed by atoms with van der Waals surface area (Å²) < 4.78 is 12.8. The van der Waals surface area contributed by atoms with E-state index in [0.29, 0.717) is 34.0 Å². The molecule has 1 atom stereocenters. The third-order valence-corrected chi connectivity index (χ3v) is 7.45. The summed E-state index contributed by atoms with van der Waals surface area (Å²) in [5.74, 6) is -0.420. The molecule has 0 saturated heterocycles. The summed E-state index contributed by atoms with van der Waals surface area (Å²) in [5.41, 5.74) is 0.781. The second kappa shape index (κ2) is 11.3. The molecule has 0 bridgehead atoms. The molecule has 1 aliphatic rings. The van der Waals surface area contributed by atoms with Crippen LogP contribution in [0.4, 0.5) is 5.69 Å². The van der Waals surface area contributed by atoms with E-state index in [0.717, 1.165) is 11.3 Å². The number of hydrogen-bond donors (Lipinski definition) is 1. The first-order valence-electron chi connectivity index (χ1n) is 11.4. The number of carbonyl (C=O) groups excluding carboxylic acids is 1. The molecule has 3 aromatic rings. The Hall–Kier alpha value is -3.78. The normalized spacial score (nSPS) is 15.0. The largest absolute Gasteiger partial charge is 0.501 e. The fraction of sp³-hybridized carbons (Fsp3) is 0.192. The summed E-state index contributed by atoms with van der Waals surface area (Å²) >= 11 is 2.89. The molecule has 12 heteroatoms. The molecule has 38 heavy (non-hydrogen) atoms. The van der Waals surface area contributed by atoms with E-state index in [2.05, 4.69) is 11.6 Å². The average molecular weight is 647 g/mol. The molecule has 0 saturated carbocycles. The average Bonchev–Trinajstić information content (AvgIpc) is 3.18. The van der Waals surface area contributed by atoms with Gasteiger partial charge in [0.15, 0.2) is 4.80 Å². The highest BCUT2D eigenvalue weighted by Crippen LogP contribution is 2.33. The maximum Gasteiger partial charge on any atom is 0.338 e. The first-order valence-corrected chi connectivity index (χ1v) is 13.3. The number of benzene rings is 2. The Labute approximate surface area is 234 Å². The van der Waals surface area contributed by atoms with Crippen molar-refractivity contribution < 1.29 is 24.3 Å². The van der Waals surface area contributed by atoms with Crippen molar-refractivity contribution in [3.8, 4) is 11.5 Å². The van der Waals surface area contributed by atoms with Crippen LogP contribution in [0.1, 0.15) is 31.0 Å². The highest BCUT2D eigenvalue weighted by Gasteiger charge is 2.33. The Morgan fingerprint density at radius 2 is 2.05 bits per heavy atom. The van der Waals surface area contributed by atoms with Crippen LogP contribution >= 0.6 is 33.9 Å². The molecule has 0 amide bonds. The third-order valence-electron chi connectivity index (χ3n) is 5.64. The summed E-state index contributed by atoms with van der Waals surface area (Å²) in [6.07, 6.45) is 3.13. The first kappa shape index (κ1) is 27.3.